The Morgan fingerprint density at radius 2 is 2.00 bits per heavy atom. The maximum atomic E-state index is 11.7. The summed E-state index contributed by atoms with van der Waals surface area (Å²) in [6.07, 6.45) is 0. The minimum Gasteiger partial charge on any atom is -0.497 e. The number of nitrogens with one attached hydrogen (secondary N) is 1. The van der Waals surface area contributed by atoms with Crippen molar-refractivity contribution in [3.8, 4) is 5.75 Å². The molecule has 22 heavy (non-hydrogen) atoms. The highest BCUT2D eigenvalue weighted by molar-refractivity contribution is 9.10. The fourth-order valence-corrected chi connectivity index (χ4v) is 2.88. The summed E-state index contributed by atoms with van der Waals surface area (Å²) in [5.41, 5.74) is 8.18. The lowest BCUT2D eigenvalue weighted by molar-refractivity contribution is 0.100. The molecule has 2 aromatic carbocycles. The maximum Gasteiger partial charge on any atom is 0.252 e. The topological polar surface area (TPSA) is 64.3 Å². The lowest BCUT2D eigenvalue weighted by atomic mass is 10.1. The van der Waals surface area contributed by atoms with Crippen LogP contribution in [-0.4, -0.2) is 13.0 Å². The highest BCUT2D eigenvalue weighted by Crippen LogP contribution is 2.33. The van der Waals surface area contributed by atoms with Gasteiger partial charge in [-0.25, -0.2) is 0 Å². The van der Waals surface area contributed by atoms with E-state index in [0.717, 1.165) is 21.3 Å². The van der Waals surface area contributed by atoms with E-state index in [1.54, 1.807) is 7.11 Å². The van der Waals surface area contributed by atoms with E-state index < -0.39 is 5.91 Å². The molecule has 6 heteroatoms. The van der Waals surface area contributed by atoms with Crippen molar-refractivity contribution in [1.29, 1.82) is 0 Å². The predicted molar refractivity (Wildman–Crippen MR) is 92.7 cm³/mol. The van der Waals surface area contributed by atoms with Crippen LogP contribution in [0.5, 0.6) is 5.75 Å². The van der Waals surface area contributed by atoms with E-state index in [4.69, 9.17) is 22.1 Å². The second-order valence-electron chi connectivity index (χ2n) is 4.79. The van der Waals surface area contributed by atoms with Gasteiger partial charge in [0.05, 0.1) is 17.7 Å². The van der Waals surface area contributed by atoms with Crippen molar-refractivity contribution in [1.82, 2.24) is 0 Å². The summed E-state index contributed by atoms with van der Waals surface area (Å²) < 4.78 is 5.94. The number of carbonyl (C=O) groups is 1. The van der Waals surface area contributed by atoms with Gasteiger partial charge in [0.2, 0.25) is 0 Å². The average Bonchev–Trinajstić information content (AvgIpc) is 2.50. The summed E-state index contributed by atoms with van der Waals surface area (Å²) in [6, 6.07) is 9.46. The molecule has 4 nitrogen and oxygen atoms in total. The standard InChI is InChI=1S/C16H16BrClN2O2/c1-9-12(17)7-13(14(15(9)18)16(19)21)20-8-10-3-5-11(22-2)6-4-10/h3-7,20H,8H2,1-2H3,(H2,19,21). The second kappa shape index (κ2) is 7.03. The number of amides is 1. The van der Waals surface area contributed by atoms with Gasteiger partial charge in [-0.05, 0) is 36.2 Å². The van der Waals surface area contributed by atoms with E-state index in [0.29, 0.717) is 22.8 Å². The Morgan fingerprint density at radius 1 is 1.36 bits per heavy atom. The monoisotopic (exact) mass is 382 g/mol. The molecule has 0 atom stereocenters. The Labute approximate surface area is 142 Å². The predicted octanol–water partition coefficient (Wildman–Crippen LogP) is 4.13. The van der Waals surface area contributed by atoms with Crippen molar-refractivity contribution in [2.45, 2.75) is 13.5 Å². The summed E-state index contributed by atoms with van der Waals surface area (Å²) in [6.45, 7) is 2.36. The van der Waals surface area contributed by atoms with E-state index in [9.17, 15) is 4.79 Å². The first kappa shape index (κ1) is 16.6. The van der Waals surface area contributed by atoms with Crippen LogP contribution in [0.1, 0.15) is 21.5 Å². The van der Waals surface area contributed by atoms with Crippen molar-refractivity contribution in [2.24, 2.45) is 5.73 Å². The number of ether oxygens (including phenoxy) is 1. The quantitative estimate of drug-likeness (QED) is 0.816. The Bertz CT molecular complexity index is 702. The number of anilines is 1. The molecule has 0 aliphatic heterocycles. The molecule has 0 spiro atoms. The van der Waals surface area contributed by atoms with Crippen molar-refractivity contribution in [2.75, 3.05) is 12.4 Å². The number of halogens is 2. The minimum atomic E-state index is -0.558. The summed E-state index contributed by atoms with van der Waals surface area (Å²) in [5, 5.41) is 3.56. The number of nitrogens with two attached hydrogens (primary N) is 1. The van der Waals surface area contributed by atoms with Crippen LogP contribution in [0.4, 0.5) is 5.69 Å². The van der Waals surface area contributed by atoms with Gasteiger partial charge in [-0.15, -0.1) is 0 Å². The molecule has 0 radical (unpaired) electrons. The Balaban J connectivity index is 2.26. The van der Waals surface area contributed by atoms with E-state index in [1.807, 2.05) is 37.3 Å². The van der Waals surface area contributed by atoms with Gasteiger partial charge in [0.25, 0.3) is 5.91 Å². The summed E-state index contributed by atoms with van der Waals surface area (Å²) in [5.74, 6) is 0.237. The molecule has 2 aromatic rings. The van der Waals surface area contributed by atoms with Crippen LogP contribution in [0, 0.1) is 6.92 Å². The van der Waals surface area contributed by atoms with Crippen molar-refractivity contribution in [3.05, 3.63) is 56.5 Å². The zero-order valence-corrected chi connectivity index (χ0v) is 14.6. The molecule has 0 saturated heterocycles. The lowest BCUT2D eigenvalue weighted by Gasteiger charge is -2.15. The molecule has 0 fully saturated rings. The van der Waals surface area contributed by atoms with Gasteiger partial charge in [0, 0.05) is 16.7 Å². The van der Waals surface area contributed by atoms with Crippen LogP contribution in [0.15, 0.2) is 34.8 Å². The highest BCUT2D eigenvalue weighted by atomic mass is 79.9. The summed E-state index contributed by atoms with van der Waals surface area (Å²) >= 11 is 9.66. The molecular weight excluding hydrogens is 368 g/mol. The molecule has 2 rings (SSSR count). The van der Waals surface area contributed by atoms with E-state index in [1.165, 1.54) is 0 Å². The van der Waals surface area contributed by atoms with Gasteiger partial charge in [-0.2, -0.15) is 0 Å². The molecule has 0 heterocycles. The molecule has 0 aliphatic rings. The third kappa shape index (κ3) is 3.54. The molecule has 0 aliphatic carbocycles. The minimum absolute atomic E-state index is 0.302. The largest absolute Gasteiger partial charge is 0.497 e. The first-order valence-electron chi connectivity index (χ1n) is 6.59. The molecule has 1 amide bonds. The van der Waals surface area contributed by atoms with Gasteiger partial charge in [0.15, 0.2) is 0 Å². The molecule has 0 bridgehead atoms. The molecular formula is C16H16BrClN2O2. The molecule has 0 unspecified atom stereocenters. The number of carbonyl (C=O) groups excluding carboxylic acids is 1. The van der Waals surface area contributed by atoms with Gasteiger partial charge in [0.1, 0.15) is 5.75 Å². The molecule has 0 aromatic heterocycles. The first-order valence-corrected chi connectivity index (χ1v) is 7.76. The van der Waals surface area contributed by atoms with Crippen LogP contribution in [0.25, 0.3) is 0 Å². The Morgan fingerprint density at radius 3 is 2.55 bits per heavy atom. The van der Waals surface area contributed by atoms with Crippen molar-refractivity contribution >= 4 is 39.1 Å². The van der Waals surface area contributed by atoms with Crippen molar-refractivity contribution < 1.29 is 9.53 Å². The highest BCUT2D eigenvalue weighted by Gasteiger charge is 2.17. The third-order valence-corrected chi connectivity index (χ3v) is 4.63. The fraction of sp³-hybridized carbons (Fsp3) is 0.188. The van der Waals surface area contributed by atoms with Gasteiger partial charge in [-0.1, -0.05) is 39.7 Å². The Hall–Kier alpha value is -1.72. The number of rotatable bonds is 5. The van der Waals surface area contributed by atoms with Crippen LogP contribution < -0.4 is 15.8 Å². The van der Waals surface area contributed by atoms with E-state index in [2.05, 4.69) is 21.2 Å². The van der Waals surface area contributed by atoms with Gasteiger partial charge >= 0.3 is 0 Å². The smallest absolute Gasteiger partial charge is 0.252 e. The summed E-state index contributed by atoms with van der Waals surface area (Å²) in [4.78, 5) is 11.7. The maximum absolute atomic E-state index is 11.7. The second-order valence-corrected chi connectivity index (χ2v) is 6.02. The number of primary amides is 1. The van der Waals surface area contributed by atoms with Crippen LogP contribution in [0.2, 0.25) is 5.02 Å². The molecule has 3 N–H and O–H groups in total. The number of methoxy groups -OCH3 is 1. The first-order chi connectivity index (χ1) is 10.4. The molecule has 116 valence electrons. The van der Waals surface area contributed by atoms with Crippen molar-refractivity contribution in [3.63, 3.8) is 0 Å². The normalized spacial score (nSPS) is 10.4. The average molecular weight is 384 g/mol. The van der Waals surface area contributed by atoms with Gasteiger partial charge < -0.3 is 15.8 Å². The number of hydrogen-bond donors (Lipinski definition) is 2. The van der Waals surface area contributed by atoms with Gasteiger partial charge in [-0.3, -0.25) is 4.79 Å². The van der Waals surface area contributed by atoms with Crippen LogP contribution >= 0.6 is 27.5 Å². The SMILES string of the molecule is COc1ccc(CNc2cc(Br)c(C)c(Cl)c2C(N)=O)cc1. The van der Waals surface area contributed by atoms with E-state index >= 15 is 0 Å². The number of hydrogen-bond acceptors (Lipinski definition) is 3. The molecule has 0 saturated carbocycles. The third-order valence-electron chi connectivity index (χ3n) is 3.34. The van der Waals surface area contributed by atoms with E-state index in [-0.39, 0.29) is 0 Å². The zero-order chi connectivity index (χ0) is 16.3. The Kier molecular flexibility index (Phi) is 5.32. The summed E-state index contributed by atoms with van der Waals surface area (Å²) in [7, 11) is 1.62. The number of benzene rings is 2. The zero-order valence-electron chi connectivity index (χ0n) is 12.2. The van der Waals surface area contributed by atoms with Crippen LogP contribution in [-0.2, 0) is 6.54 Å². The fourth-order valence-electron chi connectivity index (χ4n) is 2.04. The lowest BCUT2D eigenvalue weighted by Crippen LogP contribution is -2.16. The van der Waals surface area contributed by atoms with Crippen LogP contribution in [0.3, 0.4) is 0 Å².